The van der Waals surface area contributed by atoms with Crippen LogP contribution in [0.3, 0.4) is 0 Å². The topological polar surface area (TPSA) is 67.8 Å². The minimum Gasteiger partial charge on any atom is -0.497 e. The van der Waals surface area contributed by atoms with Gasteiger partial charge in [-0.25, -0.2) is 9.78 Å². The van der Waals surface area contributed by atoms with Crippen molar-refractivity contribution in [3.8, 4) is 17.0 Å². The number of nitrogens with zero attached hydrogens (tertiary/aromatic N) is 4. The summed E-state index contributed by atoms with van der Waals surface area (Å²) in [5, 5.41) is 0. The average Bonchev–Trinajstić information content (AvgIpc) is 2.67. The molecule has 0 radical (unpaired) electrons. The van der Waals surface area contributed by atoms with Crippen molar-refractivity contribution in [2.24, 2.45) is 0 Å². The molecule has 7 nitrogen and oxygen atoms in total. The van der Waals surface area contributed by atoms with Crippen molar-refractivity contribution < 1.29 is 14.3 Å². The first kappa shape index (κ1) is 18.9. The van der Waals surface area contributed by atoms with E-state index in [9.17, 15) is 4.79 Å². The molecular formula is C20H26N4O3. The van der Waals surface area contributed by atoms with Crippen LogP contribution in [0.25, 0.3) is 11.3 Å². The number of ether oxygens (including phenoxy) is 2. The summed E-state index contributed by atoms with van der Waals surface area (Å²) in [6.45, 7) is 8.22. The number of benzene rings is 1. The van der Waals surface area contributed by atoms with E-state index in [1.165, 1.54) is 0 Å². The molecule has 144 valence electrons. The van der Waals surface area contributed by atoms with E-state index >= 15 is 0 Å². The van der Waals surface area contributed by atoms with Crippen molar-refractivity contribution in [3.05, 3.63) is 36.7 Å². The number of rotatable bonds is 3. The number of piperazine rings is 1. The molecule has 1 aromatic carbocycles. The molecule has 3 rings (SSSR count). The van der Waals surface area contributed by atoms with Crippen LogP contribution in [-0.4, -0.2) is 59.9 Å². The second-order valence-electron chi connectivity index (χ2n) is 7.45. The largest absolute Gasteiger partial charge is 0.497 e. The molecule has 1 aliphatic rings. The Bertz CT molecular complexity index is 779. The van der Waals surface area contributed by atoms with Crippen LogP contribution in [0.15, 0.2) is 36.7 Å². The Balaban J connectivity index is 1.65. The van der Waals surface area contributed by atoms with Gasteiger partial charge in [-0.2, -0.15) is 0 Å². The third kappa shape index (κ3) is 4.87. The van der Waals surface area contributed by atoms with Gasteiger partial charge in [0, 0.05) is 31.7 Å². The fourth-order valence-electron chi connectivity index (χ4n) is 2.85. The SMILES string of the molecule is COc1ccc(-c2cncc(N3CCN(C(=O)OC(C)(C)C)CC3)n2)cc1. The normalized spacial score (nSPS) is 14.8. The Kier molecular flexibility index (Phi) is 5.48. The number of carbonyl (C=O) groups excluding carboxylic acids is 1. The van der Waals surface area contributed by atoms with Crippen LogP contribution in [0, 0.1) is 0 Å². The molecule has 2 aromatic rings. The smallest absolute Gasteiger partial charge is 0.410 e. The summed E-state index contributed by atoms with van der Waals surface area (Å²) in [5.74, 6) is 1.62. The molecule has 1 aromatic heterocycles. The molecule has 1 amide bonds. The van der Waals surface area contributed by atoms with Crippen LogP contribution in [0.2, 0.25) is 0 Å². The Hall–Kier alpha value is -2.83. The summed E-state index contributed by atoms with van der Waals surface area (Å²) in [5.41, 5.74) is 1.31. The van der Waals surface area contributed by atoms with Crippen LogP contribution < -0.4 is 9.64 Å². The molecule has 0 bridgehead atoms. The van der Waals surface area contributed by atoms with Crippen LogP contribution in [0.4, 0.5) is 10.6 Å². The number of hydrogen-bond acceptors (Lipinski definition) is 6. The lowest BCUT2D eigenvalue weighted by atomic mass is 10.1. The molecule has 0 N–H and O–H groups in total. The van der Waals surface area contributed by atoms with E-state index in [0.717, 1.165) is 22.8 Å². The molecule has 0 spiro atoms. The molecule has 0 atom stereocenters. The zero-order chi connectivity index (χ0) is 19.4. The highest BCUT2D eigenvalue weighted by Gasteiger charge is 2.26. The first-order valence-electron chi connectivity index (χ1n) is 9.05. The number of anilines is 1. The van der Waals surface area contributed by atoms with Crippen LogP contribution >= 0.6 is 0 Å². The highest BCUT2D eigenvalue weighted by atomic mass is 16.6. The summed E-state index contributed by atoms with van der Waals surface area (Å²) in [7, 11) is 1.65. The van der Waals surface area contributed by atoms with E-state index in [1.807, 2.05) is 45.0 Å². The first-order valence-corrected chi connectivity index (χ1v) is 9.05. The number of amides is 1. The minimum atomic E-state index is -0.480. The molecule has 1 fully saturated rings. The number of aromatic nitrogens is 2. The zero-order valence-electron chi connectivity index (χ0n) is 16.3. The van der Waals surface area contributed by atoms with Gasteiger partial charge in [-0.3, -0.25) is 4.98 Å². The fraction of sp³-hybridized carbons (Fsp3) is 0.450. The van der Waals surface area contributed by atoms with E-state index in [1.54, 1.807) is 24.4 Å². The van der Waals surface area contributed by atoms with Gasteiger partial charge >= 0.3 is 6.09 Å². The Morgan fingerprint density at radius 3 is 2.30 bits per heavy atom. The lowest BCUT2D eigenvalue weighted by Gasteiger charge is -2.36. The summed E-state index contributed by atoms with van der Waals surface area (Å²) in [4.78, 5) is 25.2. The highest BCUT2D eigenvalue weighted by Crippen LogP contribution is 2.23. The molecule has 2 heterocycles. The lowest BCUT2D eigenvalue weighted by molar-refractivity contribution is 0.0240. The van der Waals surface area contributed by atoms with Crippen LogP contribution in [-0.2, 0) is 4.74 Å². The molecule has 27 heavy (non-hydrogen) atoms. The van der Waals surface area contributed by atoms with Gasteiger partial charge in [0.2, 0.25) is 0 Å². The van der Waals surface area contributed by atoms with E-state index in [0.29, 0.717) is 26.2 Å². The van der Waals surface area contributed by atoms with Gasteiger partial charge in [0.25, 0.3) is 0 Å². The van der Waals surface area contributed by atoms with Gasteiger partial charge in [-0.1, -0.05) is 0 Å². The van der Waals surface area contributed by atoms with Crippen LogP contribution in [0.5, 0.6) is 5.75 Å². The molecule has 0 saturated carbocycles. The molecule has 1 saturated heterocycles. The van der Waals surface area contributed by atoms with Gasteiger partial charge in [-0.15, -0.1) is 0 Å². The summed E-state index contributed by atoms with van der Waals surface area (Å²) < 4.78 is 10.6. The second kappa shape index (κ2) is 7.82. The average molecular weight is 370 g/mol. The van der Waals surface area contributed by atoms with Gasteiger partial charge in [0.05, 0.1) is 25.2 Å². The maximum atomic E-state index is 12.2. The summed E-state index contributed by atoms with van der Waals surface area (Å²) in [6.07, 6.45) is 3.25. The zero-order valence-corrected chi connectivity index (χ0v) is 16.3. The van der Waals surface area contributed by atoms with Crippen molar-refractivity contribution in [3.63, 3.8) is 0 Å². The maximum Gasteiger partial charge on any atom is 0.410 e. The Labute approximate surface area is 159 Å². The molecule has 7 heteroatoms. The van der Waals surface area contributed by atoms with Gasteiger partial charge < -0.3 is 19.3 Å². The number of methoxy groups -OCH3 is 1. The van der Waals surface area contributed by atoms with Crippen molar-refractivity contribution >= 4 is 11.9 Å². The molecular weight excluding hydrogens is 344 g/mol. The first-order chi connectivity index (χ1) is 12.9. The van der Waals surface area contributed by atoms with Gasteiger partial charge in [-0.05, 0) is 45.0 Å². The molecule has 1 aliphatic heterocycles. The standard InChI is InChI=1S/C20H26N4O3/c1-20(2,3)27-19(25)24-11-9-23(10-12-24)18-14-21-13-17(22-18)15-5-7-16(26-4)8-6-15/h5-8,13-14H,9-12H2,1-4H3. The number of carbonyl (C=O) groups is 1. The van der Waals surface area contributed by atoms with E-state index in [2.05, 4.69) is 9.88 Å². The van der Waals surface area contributed by atoms with Gasteiger partial charge in [0.15, 0.2) is 0 Å². The Morgan fingerprint density at radius 1 is 1.04 bits per heavy atom. The third-order valence-electron chi connectivity index (χ3n) is 4.26. The molecule has 0 aliphatic carbocycles. The monoisotopic (exact) mass is 370 g/mol. The van der Waals surface area contributed by atoms with E-state index in [-0.39, 0.29) is 6.09 Å². The summed E-state index contributed by atoms with van der Waals surface area (Å²) >= 11 is 0. The fourth-order valence-corrected chi connectivity index (χ4v) is 2.85. The third-order valence-corrected chi connectivity index (χ3v) is 4.26. The predicted molar refractivity (Wildman–Crippen MR) is 104 cm³/mol. The summed E-state index contributed by atoms with van der Waals surface area (Å²) in [6, 6.07) is 7.74. The van der Waals surface area contributed by atoms with Crippen molar-refractivity contribution in [2.45, 2.75) is 26.4 Å². The van der Waals surface area contributed by atoms with Crippen molar-refractivity contribution in [2.75, 3.05) is 38.2 Å². The van der Waals surface area contributed by atoms with Crippen molar-refractivity contribution in [1.29, 1.82) is 0 Å². The van der Waals surface area contributed by atoms with Gasteiger partial charge in [0.1, 0.15) is 17.2 Å². The maximum absolute atomic E-state index is 12.2. The molecule has 0 unspecified atom stereocenters. The Morgan fingerprint density at radius 2 is 1.70 bits per heavy atom. The van der Waals surface area contributed by atoms with Crippen LogP contribution in [0.1, 0.15) is 20.8 Å². The van der Waals surface area contributed by atoms with E-state index < -0.39 is 5.60 Å². The highest BCUT2D eigenvalue weighted by molar-refractivity contribution is 5.68. The second-order valence-corrected chi connectivity index (χ2v) is 7.45. The quantitative estimate of drug-likeness (QED) is 0.826. The predicted octanol–water partition coefficient (Wildman–Crippen LogP) is 3.21. The van der Waals surface area contributed by atoms with Crippen molar-refractivity contribution in [1.82, 2.24) is 14.9 Å². The minimum absolute atomic E-state index is 0.264. The number of hydrogen-bond donors (Lipinski definition) is 0. The lowest BCUT2D eigenvalue weighted by Crippen LogP contribution is -2.50. The van der Waals surface area contributed by atoms with E-state index in [4.69, 9.17) is 14.5 Å².